The van der Waals surface area contributed by atoms with E-state index in [9.17, 15) is 4.79 Å². The second-order valence-corrected chi connectivity index (χ2v) is 4.00. The molecule has 0 spiro atoms. The number of carbonyl (C=O) groups is 1. The lowest BCUT2D eigenvalue weighted by Gasteiger charge is -2.03. The SMILES string of the molecule is O=C(O)C(O)c1ccccc1.c1ccc2c(c1)OCO2. The van der Waals surface area contributed by atoms with Crippen LogP contribution in [0, 0.1) is 0 Å². The molecule has 0 saturated carbocycles. The summed E-state index contributed by atoms with van der Waals surface area (Å²) in [6, 6.07) is 15.9. The lowest BCUT2D eigenvalue weighted by atomic mass is 10.1. The van der Waals surface area contributed by atoms with Crippen LogP contribution in [0.3, 0.4) is 0 Å². The smallest absolute Gasteiger partial charge is 0.337 e. The summed E-state index contributed by atoms with van der Waals surface area (Å²) in [6.45, 7) is 0.360. The zero-order chi connectivity index (χ0) is 14.4. The van der Waals surface area contributed by atoms with E-state index in [0.717, 1.165) is 11.5 Å². The topological polar surface area (TPSA) is 76.0 Å². The maximum absolute atomic E-state index is 10.2. The normalized spacial score (nSPS) is 13.1. The van der Waals surface area contributed by atoms with E-state index in [0.29, 0.717) is 12.4 Å². The molecule has 0 fully saturated rings. The monoisotopic (exact) mass is 274 g/mol. The number of aliphatic hydroxyl groups excluding tert-OH is 1. The second kappa shape index (κ2) is 6.58. The molecule has 5 heteroatoms. The molecule has 2 N–H and O–H groups in total. The molecule has 0 bridgehead atoms. The van der Waals surface area contributed by atoms with Gasteiger partial charge in [-0.3, -0.25) is 0 Å². The minimum Gasteiger partial charge on any atom is -0.479 e. The highest BCUT2D eigenvalue weighted by Crippen LogP contribution is 2.30. The first kappa shape index (κ1) is 13.9. The van der Waals surface area contributed by atoms with Crippen molar-refractivity contribution < 1.29 is 24.5 Å². The molecule has 0 amide bonds. The minimum absolute atomic E-state index is 0.360. The molecule has 0 aliphatic carbocycles. The van der Waals surface area contributed by atoms with Crippen LogP contribution in [0.5, 0.6) is 11.5 Å². The van der Waals surface area contributed by atoms with E-state index in [4.69, 9.17) is 19.7 Å². The summed E-state index contributed by atoms with van der Waals surface area (Å²) in [4.78, 5) is 10.2. The quantitative estimate of drug-likeness (QED) is 0.878. The van der Waals surface area contributed by atoms with Crippen molar-refractivity contribution in [1.29, 1.82) is 0 Å². The number of benzene rings is 2. The Hall–Kier alpha value is -2.53. The molecule has 0 radical (unpaired) electrons. The molecule has 3 rings (SSSR count). The molecule has 20 heavy (non-hydrogen) atoms. The molecule has 104 valence electrons. The summed E-state index contributed by atoms with van der Waals surface area (Å²) in [7, 11) is 0. The van der Waals surface area contributed by atoms with Gasteiger partial charge in [0.1, 0.15) is 0 Å². The molecular formula is C15H14O5. The Balaban J connectivity index is 0.000000149. The van der Waals surface area contributed by atoms with Crippen molar-refractivity contribution in [3.05, 3.63) is 60.2 Å². The van der Waals surface area contributed by atoms with Crippen LogP contribution >= 0.6 is 0 Å². The van der Waals surface area contributed by atoms with Gasteiger partial charge in [-0.15, -0.1) is 0 Å². The van der Waals surface area contributed by atoms with Gasteiger partial charge in [0.25, 0.3) is 0 Å². The van der Waals surface area contributed by atoms with Crippen LogP contribution in [0.2, 0.25) is 0 Å². The number of para-hydroxylation sites is 2. The van der Waals surface area contributed by atoms with Gasteiger partial charge >= 0.3 is 5.97 Å². The third-order valence-electron chi connectivity index (χ3n) is 2.63. The van der Waals surface area contributed by atoms with Crippen molar-refractivity contribution in [3.8, 4) is 11.5 Å². The summed E-state index contributed by atoms with van der Waals surface area (Å²) >= 11 is 0. The molecule has 5 nitrogen and oxygen atoms in total. The molecular weight excluding hydrogens is 260 g/mol. The number of ether oxygens (including phenoxy) is 2. The number of aliphatic carboxylic acids is 1. The van der Waals surface area contributed by atoms with Crippen LogP contribution < -0.4 is 9.47 Å². The minimum atomic E-state index is -1.41. The summed E-state index contributed by atoms with van der Waals surface area (Å²) in [5.74, 6) is 0.464. The largest absolute Gasteiger partial charge is 0.479 e. The Morgan fingerprint density at radius 3 is 1.95 bits per heavy atom. The van der Waals surface area contributed by atoms with Crippen LogP contribution in [0.25, 0.3) is 0 Å². The van der Waals surface area contributed by atoms with E-state index in [2.05, 4.69) is 0 Å². The molecule has 1 heterocycles. The van der Waals surface area contributed by atoms with Gasteiger partial charge < -0.3 is 19.7 Å². The van der Waals surface area contributed by atoms with Gasteiger partial charge in [-0.2, -0.15) is 0 Å². The Morgan fingerprint density at radius 2 is 1.45 bits per heavy atom. The predicted molar refractivity (Wildman–Crippen MR) is 71.6 cm³/mol. The first-order valence-corrected chi connectivity index (χ1v) is 5.99. The maximum atomic E-state index is 10.2. The standard InChI is InChI=1S/C8H8O3.C7H6O2/c9-7(8(10)11)6-4-2-1-3-5-6;1-2-4-7-6(3-1)8-5-9-7/h1-5,7,9H,(H,10,11);1-4H,5H2. The van der Waals surface area contributed by atoms with Crippen LogP contribution in [0.15, 0.2) is 54.6 Å². The van der Waals surface area contributed by atoms with Crippen LogP contribution in [0.1, 0.15) is 11.7 Å². The van der Waals surface area contributed by atoms with Crippen molar-refractivity contribution >= 4 is 5.97 Å². The number of aliphatic hydroxyl groups is 1. The molecule has 2 aromatic rings. The van der Waals surface area contributed by atoms with Crippen molar-refractivity contribution in [2.75, 3.05) is 6.79 Å². The van der Waals surface area contributed by atoms with Gasteiger partial charge in [-0.25, -0.2) is 4.79 Å². The zero-order valence-corrected chi connectivity index (χ0v) is 10.6. The van der Waals surface area contributed by atoms with Gasteiger partial charge in [-0.1, -0.05) is 42.5 Å². The molecule has 1 aliphatic heterocycles. The Labute approximate surface area is 116 Å². The molecule has 0 saturated heterocycles. The first-order valence-electron chi connectivity index (χ1n) is 5.99. The summed E-state index contributed by atoms with van der Waals surface area (Å²) in [5.41, 5.74) is 0.403. The molecule has 1 atom stereocenters. The van der Waals surface area contributed by atoms with E-state index in [-0.39, 0.29) is 0 Å². The van der Waals surface area contributed by atoms with Crippen molar-refractivity contribution in [2.45, 2.75) is 6.10 Å². The first-order chi connectivity index (χ1) is 9.68. The molecule has 1 aliphatic rings. The average molecular weight is 274 g/mol. The average Bonchev–Trinajstić information content (AvgIpc) is 2.96. The van der Waals surface area contributed by atoms with Crippen molar-refractivity contribution in [1.82, 2.24) is 0 Å². The predicted octanol–water partition coefficient (Wildman–Crippen LogP) is 2.22. The highest BCUT2D eigenvalue weighted by Gasteiger charge is 2.14. The Bertz CT molecular complexity index is 544. The number of hydrogen-bond acceptors (Lipinski definition) is 4. The van der Waals surface area contributed by atoms with Gasteiger partial charge in [0.2, 0.25) is 6.79 Å². The summed E-state index contributed by atoms with van der Waals surface area (Å²) in [6.07, 6.45) is -1.41. The number of carboxylic acids is 1. The third kappa shape index (κ3) is 3.49. The van der Waals surface area contributed by atoms with Gasteiger partial charge in [0.05, 0.1) is 0 Å². The fraction of sp³-hybridized carbons (Fsp3) is 0.133. The van der Waals surface area contributed by atoms with Crippen LogP contribution in [-0.4, -0.2) is 23.0 Å². The number of hydrogen-bond donors (Lipinski definition) is 2. The van der Waals surface area contributed by atoms with E-state index < -0.39 is 12.1 Å². The van der Waals surface area contributed by atoms with Crippen molar-refractivity contribution in [3.63, 3.8) is 0 Å². The molecule has 1 unspecified atom stereocenters. The van der Waals surface area contributed by atoms with Gasteiger partial charge in [-0.05, 0) is 17.7 Å². The Kier molecular flexibility index (Phi) is 4.57. The fourth-order valence-electron chi connectivity index (χ4n) is 1.62. The van der Waals surface area contributed by atoms with Crippen molar-refractivity contribution in [2.24, 2.45) is 0 Å². The lowest BCUT2D eigenvalue weighted by molar-refractivity contribution is -0.146. The van der Waals surface area contributed by atoms with E-state index in [1.165, 1.54) is 0 Å². The third-order valence-corrected chi connectivity index (χ3v) is 2.63. The van der Waals surface area contributed by atoms with Gasteiger partial charge in [0, 0.05) is 0 Å². The summed E-state index contributed by atoms with van der Waals surface area (Å²) in [5, 5.41) is 17.4. The van der Waals surface area contributed by atoms with E-state index >= 15 is 0 Å². The van der Waals surface area contributed by atoms with Gasteiger partial charge in [0.15, 0.2) is 17.6 Å². The van der Waals surface area contributed by atoms with E-state index in [1.807, 2.05) is 24.3 Å². The molecule has 0 aromatic heterocycles. The lowest BCUT2D eigenvalue weighted by Crippen LogP contribution is -2.09. The maximum Gasteiger partial charge on any atom is 0.337 e. The summed E-state index contributed by atoms with van der Waals surface area (Å²) < 4.78 is 10.2. The fourth-order valence-corrected chi connectivity index (χ4v) is 1.62. The highest BCUT2D eigenvalue weighted by molar-refractivity contribution is 5.73. The number of fused-ring (bicyclic) bond motifs is 1. The zero-order valence-electron chi connectivity index (χ0n) is 10.6. The van der Waals surface area contributed by atoms with Crippen LogP contribution in [-0.2, 0) is 4.79 Å². The molecule has 2 aromatic carbocycles. The number of rotatable bonds is 2. The van der Waals surface area contributed by atoms with Crippen LogP contribution in [0.4, 0.5) is 0 Å². The highest BCUT2D eigenvalue weighted by atomic mass is 16.7. The van der Waals surface area contributed by atoms with E-state index in [1.54, 1.807) is 30.3 Å². The second-order valence-electron chi connectivity index (χ2n) is 4.00. The number of carboxylic acid groups (broad SMARTS) is 1. The Morgan fingerprint density at radius 1 is 0.950 bits per heavy atom.